The summed E-state index contributed by atoms with van der Waals surface area (Å²) >= 11 is 5.06. The zero-order chi connectivity index (χ0) is 20.1. The Balaban J connectivity index is 1.46. The van der Waals surface area contributed by atoms with Gasteiger partial charge >= 0.3 is 0 Å². The molecule has 9 heteroatoms. The molecule has 28 heavy (non-hydrogen) atoms. The lowest BCUT2D eigenvalue weighted by atomic mass is 10.0. The molecule has 3 rings (SSSR count). The van der Waals surface area contributed by atoms with Crippen LogP contribution >= 0.6 is 12.2 Å². The van der Waals surface area contributed by atoms with Crippen LogP contribution in [0, 0.1) is 4.77 Å². The lowest BCUT2D eigenvalue weighted by Gasteiger charge is -2.04. The Labute approximate surface area is 168 Å². The van der Waals surface area contributed by atoms with E-state index >= 15 is 0 Å². The normalized spacial score (nSPS) is 11.1. The Morgan fingerprint density at radius 3 is 2.68 bits per heavy atom. The molecule has 0 unspecified atom stereocenters. The molecule has 2 heterocycles. The molecule has 0 aliphatic rings. The quantitative estimate of drug-likeness (QED) is 0.564. The van der Waals surface area contributed by atoms with Crippen molar-refractivity contribution in [3.05, 3.63) is 46.3 Å². The van der Waals surface area contributed by atoms with Crippen LogP contribution in [0.25, 0.3) is 11.4 Å². The number of nitrogens with zero attached hydrogens (tertiary/aromatic N) is 4. The van der Waals surface area contributed by atoms with Crippen molar-refractivity contribution < 1.29 is 9.32 Å². The van der Waals surface area contributed by atoms with Gasteiger partial charge in [-0.2, -0.15) is 10.1 Å². The second-order valence-corrected chi connectivity index (χ2v) is 7.28. The molecule has 0 fully saturated rings. The first kappa shape index (κ1) is 19.9. The average Bonchev–Trinajstić information content (AvgIpc) is 3.28. The van der Waals surface area contributed by atoms with Crippen molar-refractivity contribution in [1.82, 2.24) is 30.2 Å². The third-order valence-electron chi connectivity index (χ3n) is 4.51. The Bertz CT molecular complexity index is 987. The van der Waals surface area contributed by atoms with Gasteiger partial charge in [-0.25, -0.2) is 0 Å². The van der Waals surface area contributed by atoms with Crippen molar-refractivity contribution in [2.45, 2.75) is 39.0 Å². The molecule has 0 radical (unpaired) electrons. The maximum atomic E-state index is 12.0. The number of amides is 1. The van der Waals surface area contributed by atoms with Crippen LogP contribution in [0.5, 0.6) is 0 Å². The molecule has 2 aromatic heterocycles. The van der Waals surface area contributed by atoms with Crippen LogP contribution in [0.4, 0.5) is 0 Å². The molecule has 0 bridgehead atoms. The highest BCUT2D eigenvalue weighted by Gasteiger charge is 2.11. The van der Waals surface area contributed by atoms with Crippen LogP contribution in [-0.2, 0) is 24.7 Å². The number of hydrogen-bond acceptors (Lipinski definition) is 6. The summed E-state index contributed by atoms with van der Waals surface area (Å²) in [5.74, 6) is 2.19. The highest BCUT2D eigenvalue weighted by atomic mass is 32.1. The van der Waals surface area contributed by atoms with Gasteiger partial charge in [0.05, 0.1) is 0 Å². The first-order chi connectivity index (χ1) is 13.4. The maximum Gasteiger partial charge on any atom is 0.227 e. The lowest BCUT2D eigenvalue weighted by molar-refractivity contribution is -0.121. The van der Waals surface area contributed by atoms with Crippen LogP contribution in [0.15, 0.2) is 28.8 Å². The molecular weight excluding hydrogens is 376 g/mol. The molecule has 2 N–H and O–H groups in total. The van der Waals surface area contributed by atoms with Gasteiger partial charge in [0, 0.05) is 38.4 Å². The minimum Gasteiger partial charge on any atom is -0.356 e. The highest BCUT2D eigenvalue weighted by molar-refractivity contribution is 7.71. The van der Waals surface area contributed by atoms with E-state index in [1.807, 2.05) is 19.2 Å². The standard InChI is InChI=1S/C19H24N6O2S/c1-12(2)13-4-6-14(7-5-13)18-21-17(27-24-18)9-8-16(26)20-11-10-15-22-23-19(28)25(15)3/h4-7,12H,8-11H2,1-3H3,(H,20,26)(H,23,28). The van der Waals surface area contributed by atoms with Crippen molar-refractivity contribution >= 4 is 18.1 Å². The number of hydrogen-bond donors (Lipinski definition) is 2. The molecule has 148 valence electrons. The van der Waals surface area contributed by atoms with Crippen LogP contribution < -0.4 is 5.32 Å². The smallest absolute Gasteiger partial charge is 0.227 e. The predicted octanol–water partition coefficient (Wildman–Crippen LogP) is 2.94. The van der Waals surface area contributed by atoms with E-state index in [0.717, 1.165) is 11.4 Å². The fourth-order valence-electron chi connectivity index (χ4n) is 2.72. The molecule has 1 amide bonds. The number of rotatable bonds is 8. The van der Waals surface area contributed by atoms with Crippen molar-refractivity contribution in [1.29, 1.82) is 0 Å². The highest BCUT2D eigenvalue weighted by Crippen LogP contribution is 2.20. The summed E-state index contributed by atoms with van der Waals surface area (Å²) in [5, 5.41) is 13.7. The first-order valence-corrected chi connectivity index (χ1v) is 9.64. The second-order valence-electron chi connectivity index (χ2n) is 6.89. The fourth-order valence-corrected chi connectivity index (χ4v) is 2.87. The van der Waals surface area contributed by atoms with Crippen LogP contribution in [0.3, 0.4) is 0 Å². The van der Waals surface area contributed by atoms with E-state index in [0.29, 0.717) is 41.8 Å². The molecule has 0 spiro atoms. The van der Waals surface area contributed by atoms with Gasteiger partial charge in [-0.1, -0.05) is 43.3 Å². The summed E-state index contributed by atoms with van der Waals surface area (Å²) < 4.78 is 7.62. The van der Waals surface area contributed by atoms with Crippen LogP contribution in [-0.4, -0.2) is 37.4 Å². The fraction of sp³-hybridized carbons (Fsp3) is 0.421. The van der Waals surface area contributed by atoms with Gasteiger partial charge in [0.25, 0.3) is 0 Å². The van der Waals surface area contributed by atoms with Crippen molar-refractivity contribution in [3.8, 4) is 11.4 Å². The molecule has 0 atom stereocenters. The average molecular weight is 401 g/mol. The lowest BCUT2D eigenvalue weighted by Crippen LogP contribution is -2.26. The van der Waals surface area contributed by atoms with Gasteiger partial charge in [-0.05, 0) is 23.7 Å². The summed E-state index contributed by atoms with van der Waals surface area (Å²) in [4.78, 5) is 16.4. The van der Waals surface area contributed by atoms with E-state index in [2.05, 4.69) is 51.6 Å². The van der Waals surface area contributed by atoms with Gasteiger partial charge in [0.15, 0.2) is 4.77 Å². The predicted molar refractivity (Wildman–Crippen MR) is 107 cm³/mol. The van der Waals surface area contributed by atoms with E-state index in [1.165, 1.54) is 5.56 Å². The monoisotopic (exact) mass is 400 g/mol. The Kier molecular flexibility index (Phi) is 6.35. The summed E-state index contributed by atoms with van der Waals surface area (Å²) in [5.41, 5.74) is 2.16. The third-order valence-corrected chi connectivity index (χ3v) is 4.88. The van der Waals surface area contributed by atoms with Gasteiger partial charge in [-0.3, -0.25) is 9.89 Å². The minimum atomic E-state index is -0.0715. The largest absolute Gasteiger partial charge is 0.356 e. The zero-order valence-corrected chi connectivity index (χ0v) is 17.0. The van der Waals surface area contributed by atoms with E-state index < -0.39 is 0 Å². The molecule has 8 nitrogen and oxygen atoms in total. The number of carbonyl (C=O) groups is 1. The topological polar surface area (TPSA) is 102 Å². The number of H-pyrrole nitrogens is 1. The Morgan fingerprint density at radius 1 is 1.29 bits per heavy atom. The summed E-state index contributed by atoms with van der Waals surface area (Å²) in [7, 11) is 1.84. The van der Waals surface area contributed by atoms with E-state index in [9.17, 15) is 4.79 Å². The molecule has 0 aliphatic carbocycles. The summed E-state index contributed by atoms with van der Waals surface area (Å²) in [6.45, 7) is 4.79. The number of carbonyl (C=O) groups excluding carboxylic acids is 1. The number of benzene rings is 1. The van der Waals surface area contributed by atoms with Crippen LogP contribution in [0.1, 0.15) is 43.5 Å². The van der Waals surface area contributed by atoms with Crippen molar-refractivity contribution in [2.24, 2.45) is 7.05 Å². The number of aromatic amines is 1. The van der Waals surface area contributed by atoms with E-state index in [-0.39, 0.29) is 12.3 Å². The SMILES string of the molecule is CC(C)c1ccc(-c2noc(CCC(=O)NCCc3n[nH]c(=S)n3C)n2)cc1. The maximum absolute atomic E-state index is 12.0. The van der Waals surface area contributed by atoms with Gasteiger partial charge in [0.1, 0.15) is 5.82 Å². The molecule has 3 aromatic rings. The van der Waals surface area contributed by atoms with Gasteiger partial charge in [-0.15, -0.1) is 0 Å². The number of nitrogens with one attached hydrogen (secondary N) is 2. The molecule has 0 saturated carbocycles. The van der Waals surface area contributed by atoms with Gasteiger partial charge in [0.2, 0.25) is 17.6 Å². The minimum absolute atomic E-state index is 0.0715. The molecule has 0 saturated heterocycles. The van der Waals surface area contributed by atoms with Crippen molar-refractivity contribution in [2.75, 3.05) is 6.54 Å². The summed E-state index contributed by atoms with van der Waals surface area (Å²) in [6, 6.07) is 8.11. The molecule has 0 aliphatic heterocycles. The third kappa shape index (κ3) is 4.92. The second kappa shape index (κ2) is 8.92. The number of aromatic nitrogens is 5. The summed E-state index contributed by atoms with van der Waals surface area (Å²) in [6.07, 6.45) is 1.29. The number of aryl methyl sites for hydroxylation is 1. The Hall–Kier alpha value is -2.81. The van der Waals surface area contributed by atoms with Gasteiger partial charge < -0.3 is 14.4 Å². The molecular formula is C19H24N6O2S. The zero-order valence-electron chi connectivity index (χ0n) is 16.2. The molecule has 1 aromatic carbocycles. The Morgan fingerprint density at radius 2 is 2.04 bits per heavy atom. The first-order valence-electron chi connectivity index (χ1n) is 9.24. The van der Waals surface area contributed by atoms with E-state index in [4.69, 9.17) is 16.7 Å². The van der Waals surface area contributed by atoms with Crippen molar-refractivity contribution in [3.63, 3.8) is 0 Å². The van der Waals surface area contributed by atoms with E-state index in [1.54, 1.807) is 4.57 Å². The van der Waals surface area contributed by atoms with Crippen LogP contribution in [0.2, 0.25) is 0 Å².